The van der Waals surface area contributed by atoms with Gasteiger partial charge in [-0.05, 0) is 42.7 Å². The Morgan fingerprint density at radius 1 is 1.28 bits per heavy atom. The number of carbonyl (C=O) groups excluding carboxylic acids is 1. The van der Waals surface area contributed by atoms with Crippen molar-refractivity contribution >= 4 is 33.6 Å². The normalized spacial score (nSPS) is 16.1. The number of ether oxygens (including phenoxy) is 1. The third-order valence-corrected chi connectivity index (χ3v) is 6.22. The van der Waals surface area contributed by atoms with Gasteiger partial charge in [-0.3, -0.25) is 9.79 Å². The van der Waals surface area contributed by atoms with Crippen LogP contribution in [-0.4, -0.2) is 41.4 Å². The molecule has 4 rings (SSSR count). The molecule has 2 N–H and O–H groups in total. The fourth-order valence-corrected chi connectivity index (χ4v) is 4.51. The Bertz CT molecular complexity index is 1040. The Labute approximate surface area is 175 Å². The van der Waals surface area contributed by atoms with Crippen LogP contribution in [0.1, 0.15) is 16.7 Å². The summed E-state index contributed by atoms with van der Waals surface area (Å²) in [4.78, 5) is 20.4. The number of hydrogen-bond acceptors (Lipinski definition) is 4. The molecule has 0 bridgehead atoms. The highest BCUT2D eigenvalue weighted by atomic mass is 32.2. The van der Waals surface area contributed by atoms with E-state index in [0.29, 0.717) is 6.54 Å². The number of aliphatic imine (C=N–C) groups is 1. The second-order valence-electron chi connectivity index (χ2n) is 7.28. The molecular weight excluding hydrogens is 382 g/mol. The average molecular weight is 408 g/mol. The van der Waals surface area contributed by atoms with Crippen LogP contribution in [0.15, 0.2) is 53.7 Å². The fraction of sp³-hybridized carbons (Fsp3) is 0.304. The summed E-state index contributed by atoms with van der Waals surface area (Å²) < 4.78 is 5.31. The lowest BCUT2D eigenvalue weighted by Gasteiger charge is -2.08. The van der Waals surface area contributed by atoms with Crippen LogP contribution in [0.4, 0.5) is 0 Å². The number of thioether (sulfide) groups is 1. The Kier molecular flexibility index (Phi) is 5.90. The van der Waals surface area contributed by atoms with E-state index < -0.39 is 0 Å². The second kappa shape index (κ2) is 8.74. The summed E-state index contributed by atoms with van der Waals surface area (Å²) in [7, 11) is 1.67. The Morgan fingerprint density at radius 2 is 2.10 bits per heavy atom. The molecule has 150 valence electrons. The predicted molar refractivity (Wildman–Crippen MR) is 120 cm³/mol. The van der Waals surface area contributed by atoms with Gasteiger partial charge in [0, 0.05) is 35.8 Å². The van der Waals surface area contributed by atoms with E-state index in [9.17, 15) is 4.79 Å². The molecule has 6 heteroatoms. The van der Waals surface area contributed by atoms with Crippen LogP contribution < -0.4 is 10.1 Å². The van der Waals surface area contributed by atoms with Crippen LogP contribution in [0, 0.1) is 6.92 Å². The molecule has 0 saturated carbocycles. The SMILES string of the molecule is COc1ccc2[nH]cc(CCNC(=O)[C@@H]3CSC(Cc4ccc(C)cc4)=N3)c2c1. The summed E-state index contributed by atoms with van der Waals surface area (Å²) >= 11 is 1.69. The molecule has 1 aromatic heterocycles. The minimum atomic E-state index is -0.288. The molecule has 1 aliphatic rings. The molecular formula is C23H25N3O2S. The monoisotopic (exact) mass is 407 g/mol. The number of H-pyrrole nitrogens is 1. The highest BCUT2D eigenvalue weighted by Gasteiger charge is 2.24. The molecule has 0 radical (unpaired) electrons. The highest BCUT2D eigenvalue weighted by molar-refractivity contribution is 8.14. The number of aromatic nitrogens is 1. The summed E-state index contributed by atoms with van der Waals surface area (Å²) in [5.74, 6) is 1.56. The lowest BCUT2D eigenvalue weighted by Crippen LogP contribution is -2.35. The maximum absolute atomic E-state index is 12.5. The van der Waals surface area contributed by atoms with E-state index >= 15 is 0 Å². The van der Waals surface area contributed by atoms with Crippen LogP contribution in [0.5, 0.6) is 5.75 Å². The van der Waals surface area contributed by atoms with E-state index in [1.807, 2.05) is 24.4 Å². The number of carbonyl (C=O) groups is 1. The van der Waals surface area contributed by atoms with Crippen molar-refractivity contribution in [3.8, 4) is 5.75 Å². The molecule has 0 aliphatic carbocycles. The summed E-state index contributed by atoms with van der Waals surface area (Å²) in [6, 6.07) is 14.2. The first-order valence-corrected chi connectivity index (χ1v) is 10.8. The Morgan fingerprint density at radius 3 is 2.90 bits per heavy atom. The molecule has 0 fully saturated rings. The van der Waals surface area contributed by atoms with Gasteiger partial charge in [-0.15, -0.1) is 11.8 Å². The van der Waals surface area contributed by atoms with Crippen molar-refractivity contribution in [2.45, 2.75) is 25.8 Å². The van der Waals surface area contributed by atoms with Gasteiger partial charge in [0.15, 0.2) is 0 Å². The topological polar surface area (TPSA) is 66.5 Å². The first kappa shape index (κ1) is 19.6. The van der Waals surface area contributed by atoms with Crippen molar-refractivity contribution in [3.63, 3.8) is 0 Å². The van der Waals surface area contributed by atoms with Gasteiger partial charge in [-0.2, -0.15) is 0 Å². The van der Waals surface area contributed by atoms with Gasteiger partial charge in [0.25, 0.3) is 0 Å². The molecule has 2 aromatic carbocycles. The highest BCUT2D eigenvalue weighted by Crippen LogP contribution is 2.24. The minimum absolute atomic E-state index is 0.00817. The third kappa shape index (κ3) is 4.65. The van der Waals surface area contributed by atoms with E-state index in [1.165, 1.54) is 16.7 Å². The number of methoxy groups -OCH3 is 1. The van der Waals surface area contributed by atoms with Crippen molar-refractivity contribution in [1.29, 1.82) is 0 Å². The number of amides is 1. The maximum atomic E-state index is 12.5. The first-order valence-electron chi connectivity index (χ1n) is 9.79. The molecule has 29 heavy (non-hydrogen) atoms. The number of nitrogens with one attached hydrogen (secondary N) is 2. The number of aromatic amines is 1. The third-order valence-electron chi connectivity index (χ3n) is 5.15. The van der Waals surface area contributed by atoms with Gasteiger partial charge in [0.05, 0.1) is 12.2 Å². The fourth-order valence-electron chi connectivity index (χ4n) is 3.46. The number of benzene rings is 2. The van der Waals surface area contributed by atoms with Crippen molar-refractivity contribution in [3.05, 3.63) is 65.4 Å². The number of rotatable bonds is 7. The minimum Gasteiger partial charge on any atom is -0.497 e. The Balaban J connectivity index is 1.31. The number of nitrogens with zero attached hydrogens (tertiary/aromatic N) is 1. The van der Waals surface area contributed by atoms with Crippen LogP contribution in [0.25, 0.3) is 10.9 Å². The molecule has 0 unspecified atom stereocenters. The number of fused-ring (bicyclic) bond motifs is 1. The zero-order valence-corrected chi connectivity index (χ0v) is 17.5. The second-order valence-corrected chi connectivity index (χ2v) is 8.37. The number of hydrogen-bond donors (Lipinski definition) is 2. The summed E-state index contributed by atoms with van der Waals surface area (Å²) in [6.45, 7) is 2.67. The van der Waals surface area contributed by atoms with Crippen molar-refractivity contribution in [2.75, 3.05) is 19.4 Å². The Hall–Kier alpha value is -2.73. The van der Waals surface area contributed by atoms with Crippen molar-refractivity contribution in [2.24, 2.45) is 4.99 Å². The van der Waals surface area contributed by atoms with E-state index in [1.54, 1.807) is 18.9 Å². The summed E-state index contributed by atoms with van der Waals surface area (Å²) in [5, 5.41) is 5.22. The molecule has 1 atom stereocenters. The van der Waals surface area contributed by atoms with E-state index in [-0.39, 0.29) is 11.9 Å². The standard InChI is InChI=1S/C23H25N3O2S/c1-15-3-5-16(6-4-15)11-22-26-21(14-29-22)23(27)24-10-9-17-13-25-20-8-7-18(28-2)12-19(17)20/h3-8,12-13,21,25H,9-11,14H2,1-2H3,(H,24,27)/t21-/m0/s1. The van der Waals surface area contributed by atoms with Gasteiger partial charge in [-0.25, -0.2) is 0 Å². The summed E-state index contributed by atoms with van der Waals surface area (Å²) in [5.41, 5.74) is 4.73. The first-order chi connectivity index (χ1) is 14.1. The van der Waals surface area contributed by atoms with E-state index in [2.05, 4.69) is 46.5 Å². The van der Waals surface area contributed by atoms with Gasteiger partial charge in [-0.1, -0.05) is 29.8 Å². The van der Waals surface area contributed by atoms with Crippen LogP contribution in [0.2, 0.25) is 0 Å². The average Bonchev–Trinajstić information content (AvgIpc) is 3.36. The largest absolute Gasteiger partial charge is 0.497 e. The van der Waals surface area contributed by atoms with Gasteiger partial charge in [0.2, 0.25) is 5.91 Å². The molecule has 1 amide bonds. The number of aryl methyl sites for hydroxylation is 1. The maximum Gasteiger partial charge on any atom is 0.245 e. The van der Waals surface area contributed by atoms with Crippen LogP contribution in [-0.2, 0) is 17.6 Å². The zero-order chi connectivity index (χ0) is 20.2. The zero-order valence-electron chi connectivity index (χ0n) is 16.7. The van der Waals surface area contributed by atoms with E-state index in [0.717, 1.165) is 40.3 Å². The molecule has 5 nitrogen and oxygen atoms in total. The van der Waals surface area contributed by atoms with Crippen LogP contribution >= 0.6 is 11.8 Å². The van der Waals surface area contributed by atoms with Gasteiger partial charge in [0.1, 0.15) is 11.8 Å². The lowest BCUT2D eigenvalue weighted by molar-refractivity contribution is -0.121. The smallest absolute Gasteiger partial charge is 0.245 e. The quantitative estimate of drug-likeness (QED) is 0.624. The molecule has 0 spiro atoms. The predicted octanol–water partition coefficient (Wildman–Crippen LogP) is 3.90. The van der Waals surface area contributed by atoms with Crippen molar-refractivity contribution < 1.29 is 9.53 Å². The molecule has 3 aromatic rings. The van der Waals surface area contributed by atoms with Gasteiger partial charge < -0.3 is 15.0 Å². The van der Waals surface area contributed by atoms with E-state index in [4.69, 9.17) is 4.74 Å². The molecule has 0 saturated heterocycles. The lowest BCUT2D eigenvalue weighted by atomic mass is 10.1. The van der Waals surface area contributed by atoms with Crippen LogP contribution in [0.3, 0.4) is 0 Å². The van der Waals surface area contributed by atoms with Crippen molar-refractivity contribution in [1.82, 2.24) is 10.3 Å². The molecule has 1 aliphatic heterocycles. The summed E-state index contributed by atoms with van der Waals surface area (Å²) in [6.07, 6.45) is 3.56. The van der Waals surface area contributed by atoms with Gasteiger partial charge >= 0.3 is 0 Å². The molecule has 2 heterocycles.